The first kappa shape index (κ1) is 13.1. The van der Waals surface area contributed by atoms with Crippen LogP contribution in [0.4, 0.5) is 4.39 Å². The van der Waals surface area contributed by atoms with Gasteiger partial charge in [0.2, 0.25) is 0 Å². The summed E-state index contributed by atoms with van der Waals surface area (Å²) in [6.45, 7) is 1.54. The van der Waals surface area contributed by atoms with E-state index in [9.17, 15) is 14.3 Å². The molecular weight excluding hydrogens is 259 g/mol. The van der Waals surface area contributed by atoms with Gasteiger partial charge in [-0.3, -0.25) is 4.79 Å². The van der Waals surface area contributed by atoms with E-state index in [1.807, 2.05) is 0 Å². The highest BCUT2D eigenvalue weighted by Crippen LogP contribution is 2.49. The molecule has 1 fully saturated rings. The number of hydrogen-bond donors (Lipinski definition) is 1. The minimum Gasteiger partial charge on any atom is -0.496 e. The van der Waals surface area contributed by atoms with Crippen molar-refractivity contribution in [1.82, 2.24) is 0 Å². The molecule has 1 saturated carbocycles. The summed E-state index contributed by atoms with van der Waals surface area (Å²) in [6, 6.07) is 1.38. The van der Waals surface area contributed by atoms with Crippen molar-refractivity contribution in [2.24, 2.45) is 0 Å². The first-order chi connectivity index (χ1) is 8.44. The maximum atomic E-state index is 13.7. The molecule has 0 heterocycles. The quantitative estimate of drug-likeness (QED) is 0.918. The molecule has 98 valence electrons. The minimum atomic E-state index is -0.979. The van der Waals surface area contributed by atoms with Crippen LogP contribution in [0.5, 0.6) is 5.75 Å². The van der Waals surface area contributed by atoms with E-state index in [4.69, 9.17) is 16.3 Å². The second-order valence-electron chi connectivity index (χ2n) is 4.62. The monoisotopic (exact) mass is 272 g/mol. The number of rotatable bonds is 3. The Balaban J connectivity index is 2.67. The van der Waals surface area contributed by atoms with Gasteiger partial charge in [-0.15, -0.1) is 0 Å². The fourth-order valence-corrected chi connectivity index (χ4v) is 2.73. The molecule has 0 atom stereocenters. The molecule has 0 saturated heterocycles. The standard InChI is InChI=1S/C13H14ClFO3/c1-7-10(15)9(14)6-8(11(7)18-2)13(12(16)17)4-3-5-13/h6H,3-5H2,1-2H3,(H,16,17). The van der Waals surface area contributed by atoms with Gasteiger partial charge in [0.05, 0.1) is 17.5 Å². The molecule has 0 unspecified atom stereocenters. The number of halogens is 2. The summed E-state index contributed by atoms with van der Waals surface area (Å²) < 4.78 is 18.9. The van der Waals surface area contributed by atoms with Crippen molar-refractivity contribution in [3.63, 3.8) is 0 Å². The first-order valence-corrected chi connectivity index (χ1v) is 6.08. The highest BCUT2D eigenvalue weighted by molar-refractivity contribution is 6.31. The molecule has 2 rings (SSSR count). The second kappa shape index (κ2) is 4.43. The molecule has 0 aliphatic heterocycles. The van der Waals surface area contributed by atoms with Crippen molar-refractivity contribution in [3.8, 4) is 5.75 Å². The molecule has 18 heavy (non-hydrogen) atoms. The van der Waals surface area contributed by atoms with Gasteiger partial charge in [0, 0.05) is 11.1 Å². The van der Waals surface area contributed by atoms with E-state index >= 15 is 0 Å². The average Bonchev–Trinajstić information content (AvgIpc) is 2.24. The van der Waals surface area contributed by atoms with Gasteiger partial charge in [0.25, 0.3) is 0 Å². The van der Waals surface area contributed by atoms with Crippen LogP contribution in [0.3, 0.4) is 0 Å². The van der Waals surface area contributed by atoms with Crippen LogP contribution in [0.15, 0.2) is 6.07 Å². The number of aliphatic carboxylic acids is 1. The number of benzene rings is 1. The topological polar surface area (TPSA) is 46.5 Å². The Bertz CT molecular complexity index is 509. The van der Waals surface area contributed by atoms with Gasteiger partial charge in [-0.05, 0) is 25.8 Å². The maximum absolute atomic E-state index is 13.7. The molecule has 0 amide bonds. The van der Waals surface area contributed by atoms with E-state index in [0.717, 1.165) is 6.42 Å². The number of carboxylic acid groups (broad SMARTS) is 1. The van der Waals surface area contributed by atoms with E-state index in [1.165, 1.54) is 20.1 Å². The van der Waals surface area contributed by atoms with Gasteiger partial charge < -0.3 is 9.84 Å². The molecule has 0 spiro atoms. The van der Waals surface area contributed by atoms with Crippen molar-refractivity contribution in [2.45, 2.75) is 31.6 Å². The first-order valence-electron chi connectivity index (χ1n) is 5.70. The molecule has 3 nitrogen and oxygen atoms in total. The van der Waals surface area contributed by atoms with Crippen LogP contribution in [0.1, 0.15) is 30.4 Å². The van der Waals surface area contributed by atoms with Gasteiger partial charge >= 0.3 is 5.97 Å². The molecule has 1 aromatic rings. The summed E-state index contributed by atoms with van der Waals surface area (Å²) in [7, 11) is 1.41. The third kappa shape index (κ3) is 1.67. The zero-order valence-corrected chi connectivity index (χ0v) is 11.0. The van der Waals surface area contributed by atoms with E-state index in [0.29, 0.717) is 24.2 Å². The summed E-state index contributed by atoms with van der Waals surface area (Å²) in [5, 5.41) is 9.36. The van der Waals surface area contributed by atoms with Crippen molar-refractivity contribution in [1.29, 1.82) is 0 Å². The van der Waals surface area contributed by atoms with Gasteiger partial charge in [-0.1, -0.05) is 18.0 Å². The third-order valence-corrected chi connectivity index (χ3v) is 4.01. The normalized spacial score (nSPS) is 17.1. The number of carbonyl (C=O) groups is 1. The van der Waals surface area contributed by atoms with Crippen LogP contribution in [-0.2, 0) is 10.2 Å². The molecule has 1 aliphatic carbocycles. The van der Waals surface area contributed by atoms with Gasteiger partial charge in [-0.25, -0.2) is 4.39 Å². The lowest BCUT2D eigenvalue weighted by Gasteiger charge is -2.39. The summed E-state index contributed by atoms with van der Waals surface area (Å²) in [6.07, 6.45) is 1.89. The van der Waals surface area contributed by atoms with E-state index in [2.05, 4.69) is 0 Å². The fourth-order valence-electron chi connectivity index (χ4n) is 2.48. The van der Waals surface area contributed by atoms with Crippen LogP contribution in [0.25, 0.3) is 0 Å². The number of ether oxygens (including phenoxy) is 1. The lowest BCUT2D eigenvalue weighted by Crippen LogP contribution is -2.42. The van der Waals surface area contributed by atoms with Crippen molar-refractivity contribution >= 4 is 17.6 Å². The maximum Gasteiger partial charge on any atom is 0.314 e. The van der Waals surface area contributed by atoms with E-state index < -0.39 is 17.2 Å². The summed E-state index contributed by atoms with van der Waals surface area (Å²) in [4.78, 5) is 11.5. The summed E-state index contributed by atoms with van der Waals surface area (Å²) >= 11 is 5.82. The Morgan fingerprint density at radius 1 is 1.56 bits per heavy atom. The molecule has 1 N–H and O–H groups in total. The second-order valence-corrected chi connectivity index (χ2v) is 5.03. The third-order valence-electron chi connectivity index (χ3n) is 3.73. The molecule has 5 heteroatoms. The Morgan fingerprint density at radius 2 is 2.17 bits per heavy atom. The zero-order valence-electron chi connectivity index (χ0n) is 10.2. The van der Waals surface area contributed by atoms with Gasteiger partial charge in [0.1, 0.15) is 11.6 Å². The van der Waals surface area contributed by atoms with Crippen LogP contribution < -0.4 is 4.74 Å². The van der Waals surface area contributed by atoms with Crippen LogP contribution in [0.2, 0.25) is 5.02 Å². The van der Waals surface area contributed by atoms with Gasteiger partial charge in [0.15, 0.2) is 0 Å². The molecule has 0 aromatic heterocycles. The SMILES string of the molecule is COc1c(C2(C(=O)O)CCC2)cc(Cl)c(F)c1C. The van der Waals surface area contributed by atoms with Crippen molar-refractivity contribution in [2.75, 3.05) is 7.11 Å². The lowest BCUT2D eigenvalue weighted by atomic mass is 9.64. The van der Waals surface area contributed by atoms with Gasteiger partial charge in [-0.2, -0.15) is 0 Å². The Hall–Kier alpha value is -1.29. The largest absolute Gasteiger partial charge is 0.496 e. The Morgan fingerprint density at radius 3 is 2.56 bits per heavy atom. The van der Waals surface area contributed by atoms with Crippen LogP contribution in [-0.4, -0.2) is 18.2 Å². The lowest BCUT2D eigenvalue weighted by molar-refractivity contribution is -0.147. The van der Waals surface area contributed by atoms with E-state index in [-0.39, 0.29) is 10.6 Å². The van der Waals surface area contributed by atoms with Crippen molar-refractivity contribution < 1.29 is 19.0 Å². The highest BCUT2D eigenvalue weighted by atomic mass is 35.5. The van der Waals surface area contributed by atoms with E-state index in [1.54, 1.807) is 0 Å². The predicted molar refractivity (Wildman–Crippen MR) is 65.9 cm³/mol. The molecule has 1 aromatic carbocycles. The van der Waals surface area contributed by atoms with Crippen LogP contribution >= 0.6 is 11.6 Å². The number of carboxylic acids is 1. The molecule has 0 radical (unpaired) electrons. The Labute approximate surface area is 110 Å². The smallest absolute Gasteiger partial charge is 0.314 e. The number of methoxy groups -OCH3 is 1. The highest BCUT2D eigenvalue weighted by Gasteiger charge is 2.48. The predicted octanol–water partition coefficient (Wildman–Crippen LogP) is 3.30. The summed E-state index contributed by atoms with van der Waals surface area (Å²) in [5.41, 5.74) is -0.242. The number of hydrogen-bond acceptors (Lipinski definition) is 2. The molecular formula is C13H14ClFO3. The molecule has 1 aliphatic rings. The Kier molecular flexibility index (Phi) is 3.23. The van der Waals surface area contributed by atoms with Crippen molar-refractivity contribution in [3.05, 3.63) is 28.0 Å². The minimum absolute atomic E-state index is 0.0594. The fraction of sp³-hybridized carbons (Fsp3) is 0.462. The molecule has 0 bridgehead atoms. The summed E-state index contributed by atoms with van der Waals surface area (Å²) in [5.74, 6) is -1.18. The zero-order chi connectivity index (χ0) is 13.5. The average molecular weight is 273 g/mol. The van der Waals surface area contributed by atoms with Crippen LogP contribution in [0, 0.1) is 12.7 Å².